The number of likely N-dealkylation sites (tertiary alicyclic amines) is 1. The Hall–Kier alpha value is -1.85. The summed E-state index contributed by atoms with van der Waals surface area (Å²) in [7, 11) is 0. The standard InChI is InChI=1S/C11H15N3O3/c1-7-3-2-4-14(6-7)10(16)8-5-9(15)13-11(17)12-8/h5,7H,2-4,6H2,1H3,(H2,12,13,15,17). The van der Waals surface area contributed by atoms with Crippen LogP contribution >= 0.6 is 0 Å². The minimum atomic E-state index is -0.647. The molecule has 1 unspecified atom stereocenters. The van der Waals surface area contributed by atoms with Gasteiger partial charge in [0, 0.05) is 19.2 Å². The molecule has 92 valence electrons. The van der Waals surface area contributed by atoms with E-state index in [-0.39, 0.29) is 11.6 Å². The maximum Gasteiger partial charge on any atom is 0.326 e. The number of nitrogens with zero attached hydrogens (tertiary/aromatic N) is 1. The van der Waals surface area contributed by atoms with E-state index in [1.807, 2.05) is 4.98 Å². The lowest BCUT2D eigenvalue weighted by molar-refractivity contribution is 0.0676. The molecule has 1 aromatic heterocycles. The van der Waals surface area contributed by atoms with E-state index in [0.29, 0.717) is 19.0 Å². The van der Waals surface area contributed by atoms with Crippen molar-refractivity contribution in [2.45, 2.75) is 19.8 Å². The van der Waals surface area contributed by atoms with Crippen molar-refractivity contribution >= 4 is 5.91 Å². The van der Waals surface area contributed by atoms with E-state index in [2.05, 4.69) is 11.9 Å². The number of aromatic amines is 2. The molecular formula is C11H15N3O3. The SMILES string of the molecule is CC1CCCN(C(=O)c2cc(=O)[nH]c(=O)[nH]2)C1. The number of rotatable bonds is 1. The molecule has 6 nitrogen and oxygen atoms in total. The van der Waals surface area contributed by atoms with Crippen molar-refractivity contribution in [3.8, 4) is 0 Å². The lowest BCUT2D eigenvalue weighted by atomic mass is 10.00. The minimum absolute atomic E-state index is 0.0628. The molecule has 1 amide bonds. The van der Waals surface area contributed by atoms with Crippen molar-refractivity contribution in [2.24, 2.45) is 5.92 Å². The second kappa shape index (κ2) is 4.57. The number of hydrogen-bond acceptors (Lipinski definition) is 3. The highest BCUT2D eigenvalue weighted by molar-refractivity contribution is 5.92. The zero-order chi connectivity index (χ0) is 12.4. The van der Waals surface area contributed by atoms with Crippen LogP contribution in [0, 0.1) is 5.92 Å². The Morgan fingerprint density at radius 3 is 2.82 bits per heavy atom. The fourth-order valence-electron chi connectivity index (χ4n) is 2.13. The second-order valence-electron chi connectivity index (χ2n) is 4.50. The lowest BCUT2D eigenvalue weighted by Gasteiger charge is -2.30. The first kappa shape index (κ1) is 11.6. The van der Waals surface area contributed by atoms with Gasteiger partial charge in [0.2, 0.25) is 0 Å². The average molecular weight is 237 g/mol. The van der Waals surface area contributed by atoms with Crippen LogP contribution in [0.25, 0.3) is 0 Å². The Labute approximate surface area is 97.7 Å². The summed E-state index contributed by atoms with van der Waals surface area (Å²) in [4.78, 5) is 40.3. The van der Waals surface area contributed by atoms with E-state index in [1.54, 1.807) is 4.90 Å². The molecular weight excluding hydrogens is 222 g/mol. The van der Waals surface area contributed by atoms with Gasteiger partial charge in [-0.2, -0.15) is 0 Å². The number of carbonyl (C=O) groups excluding carboxylic acids is 1. The largest absolute Gasteiger partial charge is 0.337 e. The number of carbonyl (C=O) groups is 1. The van der Waals surface area contributed by atoms with Gasteiger partial charge in [0.25, 0.3) is 11.5 Å². The summed E-state index contributed by atoms with van der Waals surface area (Å²) in [5.74, 6) is 0.182. The van der Waals surface area contributed by atoms with Gasteiger partial charge in [-0.25, -0.2) is 4.79 Å². The van der Waals surface area contributed by atoms with Crippen LogP contribution in [0.4, 0.5) is 0 Å². The molecule has 2 N–H and O–H groups in total. The molecule has 1 aromatic rings. The van der Waals surface area contributed by atoms with Crippen molar-refractivity contribution in [3.63, 3.8) is 0 Å². The van der Waals surface area contributed by atoms with Crippen molar-refractivity contribution in [1.29, 1.82) is 0 Å². The highest BCUT2D eigenvalue weighted by Crippen LogP contribution is 2.16. The first-order chi connectivity index (χ1) is 8.06. The monoisotopic (exact) mass is 237 g/mol. The Morgan fingerprint density at radius 2 is 2.18 bits per heavy atom. The summed E-state index contributed by atoms with van der Waals surface area (Å²) in [6, 6.07) is 1.13. The molecule has 2 heterocycles. The van der Waals surface area contributed by atoms with Gasteiger partial charge in [-0.3, -0.25) is 14.6 Å². The third kappa shape index (κ3) is 2.64. The lowest BCUT2D eigenvalue weighted by Crippen LogP contribution is -2.40. The molecule has 0 spiro atoms. The van der Waals surface area contributed by atoms with Crippen LogP contribution in [0.15, 0.2) is 15.7 Å². The van der Waals surface area contributed by atoms with Crippen LogP contribution in [0.5, 0.6) is 0 Å². The fraction of sp³-hybridized carbons (Fsp3) is 0.545. The summed E-state index contributed by atoms with van der Waals surface area (Å²) in [5.41, 5.74) is -1.14. The summed E-state index contributed by atoms with van der Waals surface area (Å²) < 4.78 is 0. The summed E-state index contributed by atoms with van der Waals surface area (Å²) in [6.07, 6.45) is 2.07. The van der Waals surface area contributed by atoms with E-state index in [9.17, 15) is 14.4 Å². The van der Waals surface area contributed by atoms with Crippen LogP contribution in [-0.2, 0) is 0 Å². The predicted octanol–water partition coefficient (Wildman–Crippen LogP) is -0.0647. The van der Waals surface area contributed by atoms with Gasteiger partial charge >= 0.3 is 5.69 Å². The normalized spacial score (nSPS) is 20.3. The average Bonchev–Trinajstić information content (AvgIpc) is 2.26. The first-order valence-electron chi connectivity index (χ1n) is 5.69. The van der Waals surface area contributed by atoms with Crippen LogP contribution in [0.2, 0.25) is 0 Å². The van der Waals surface area contributed by atoms with E-state index in [4.69, 9.17) is 0 Å². The molecule has 1 saturated heterocycles. The number of nitrogens with one attached hydrogen (secondary N) is 2. The summed E-state index contributed by atoms with van der Waals surface area (Å²) in [6.45, 7) is 3.44. The molecule has 1 aliphatic heterocycles. The van der Waals surface area contributed by atoms with E-state index in [1.165, 1.54) is 0 Å². The van der Waals surface area contributed by atoms with Gasteiger partial charge in [-0.1, -0.05) is 6.92 Å². The van der Waals surface area contributed by atoms with Crippen molar-refractivity contribution in [1.82, 2.24) is 14.9 Å². The summed E-state index contributed by atoms with van der Waals surface area (Å²) >= 11 is 0. The molecule has 0 radical (unpaired) electrons. The Kier molecular flexibility index (Phi) is 3.12. The molecule has 0 bridgehead atoms. The number of amides is 1. The molecule has 0 aliphatic carbocycles. The van der Waals surface area contributed by atoms with Crippen molar-refractivity contribution in [2.75, 3.05) is 13.1 Å². The first-order valence-corrected chi connectivity index (χ1v) is 5.69. The quantitative estimate of drug-likeness (QED) is 0.717. The molecule has 17 heavy (non-hydrogen) atoms. The topological polar surface area (TPSA) is 86.0 Å². The molecule has 6 heteroatoms. The van der Waals surface area contributed by atoms with Gasteiger partial charge in [0.1, 0.15) is 5.69 Å². The number of hydrogen-bond donors (Lipinski definition) is 2. The van der Waals surface area contributed by atoms with E-state index >= 15 is 0 Å². The maximum absolute atomic E-state index is 12.1. The molecule has 1 atom stereocenters. The van der Waals surface area contributed by atoms with Gasteiger partial charge in [0.05, 0.1) is 0 Å². The number of H-pyrrole nitrogens is 2. The van der Waals surface area contributed by atoms with Gasteiger partial charge in [-0.05, 0) is 18.8 Å². The minimum Gasteiger partial charge on any atom is -0.337 e. The van der Waals surface area contributed by atoms with Gasteiger partial charge < -0.3 is 9.88 Å². The molecule has 0 saturated carbocycles. The molecule has 1 fully saturated rings. The smallest absolute Gasteiger partial charge is 0.326 e. The van der Waals surface area contributed by atoms with Crippen molar-refractivity contribution < 1.29 is 4.79 Å². The van der Waals surface area contributed by atoms with Crippen LogP contribution in [0.3, 0.4) is 0 Å². The predicted molar refractivity (Wildman–Crippen MR) is 62.0 cm³/mol. The van der Waals surface area contributed by atoms with Crippen LogP contribution in [-0.4, -0.2) is 33.9 Å². The molecule has 1 aliphatic rings. The fourth-order valence-corrected chi connectivity index (χ4v) is 2.13. The highest BCUT2D eigenvalue weighted by Gasteiger charge is 2.22. The zero-order valence-electron chi connectivity index (χ0n) is 9.66. The van der Waals surface area contributed by atoms with E-state index in [0.717, 1.165) is 18.9 Å². The maximum atomic E-state index is 12.1. The van der Waals surface area contributed by atoms with Crippen LogP contribution < -0.4 is 11.2 Å². The Morgan fingerprint density at radius 1 is 1.41 bits per heavy atom. The number of aromatic nitrogens is 2. The highest BCUT2D eigenvalue weighted by atomic mass is 16.2. The van der Waals surface area contributed by atoms with Crippen molar-refractivity contribution in [3.05, 3.63) is 32.6 Å². The summed E-state index contributed by atoms with van der Waals surface area (Å²) in [5, 5.41) is 0. The molecule has 0 aromatic carbocycles. The van der Waals surface area contributed by atoms with E-state index < -0.39 is 11.2 Å². The van der Waals surface area contributed by atoms with Gasteiger partial charge in [0.15, 0.2) is 0 Å². The number of piperidine rings is 1. The Balaban J connectivity index is 2.24. The Bertz CT molecular complexity index is 503. The third-order valence-electron chi connectivity index (χ3n) is 2.93. The zero-order valence-corrected chi connectivity index (χ0v) is 9.66. The molecule has 2 rings (SSSR count). The van der Waals surface area contributed by atoms with Gasteiger partial charge in [-0.15, -0.1) is 0 Å². The van der Waals surface area contributed by atoms with Crippen LogP contribution in [0.1, 0.15) is 30.3 Å². The third-order valence-corrected chi connectivity index (χ3v) is 2.93. The second-order valence-corrected chi connectivity index (χ2v) is 4.50.